The SMILES string of the molecule is C=N/C(=C\C)SSCCC(N)=O. The molecule has 0 aliphatic heterocycles. The summed E-state index contributed by atoms with van der Waals surface area (Å²) >= 11 is 0. The first-order valence-electron chi connectivity index (χ1n) is 3.41. The van der Waals surface area contributed by atoms with E-state index in [2.05, 4.69) is 11.7 Å². The van der Waals surface area contributed by atoms with Gasteiger partial charge in [-0.3, -0.25) is 9.79 Å². The third-order valence-corrected chi connectivity index (χ3v) is 3.37. The quantitative estimate of drug-likeness (QED) is 0.408. The van der Waals surface area contributed by atoms with Gasteiger partial charge in [0.05, 0.1) is 0 Å². The lowest BCUT2D eigenvalue weighted by atomic mass is 10.5. The van der Waals surface area contributed by atoms with Crippen LogP contribution in [-0.2, 0) is 4.79 Å². The fourth-order valence-electron chi connectivity index (χ4n) is 0.410. The summed E-state index contributed by atoms with van der Waals surface area (Å²) in [5, 5.41) is 0.865. The van der Waals surface area contributed by atoms with Crippen molar-refractivity contribution < 1.29 is 4.79 Å². The monoisotopic (exact) mass is 204 g/mol. The number of primary amides is 1. The lowest BCUT2D eigenvalue weighted by Gasteiger charge is -1.97. The summed E-state index contributed by atoms with van der Waals surface area (Å²) in [5.41, 5.74) is 4.96. The van der Waals surface area contributed by atoms with Crippen LogP contribution in [0, 0.1) is 0 Å². The molecular formula is C7H12N2OS2. The van der Waals surface area contributed by atoms with Gasteiger partial charge in [-0.1, -0.05) is 16.9 Å². The van der Waals surface area contributed by atoms with Crippen LogP contribution in [0.4, 0.5) is 0 Å². The summed E-state index contributed by atoms with van der Waals surface area (Å²) < 4.78 is 0. The topological polar surface area (TPSA) is 55.4 Å². The van der Waals surface area contributed by atoms with Gasteiger partial charge in [0.1, 0.15) is 5.03 Å². The normalized spacial score (nSPS) is 11.2. The van der Waals surface area contributed by atoms with Gasteiger partial charge in [0.25, 0.3) is 0 Å². The molecule has 0 saturated heterocycles. The molecule has 0 spiro atoms. The number of amides is 1. The largest absolute Gasteiger partial charge is 0.370 e. The van der Waals surface area contributed by atoms with Crippen LogP contribution in [0.2, 0.25) is 0 Å². The molecule has 0 fully saturated rings. The zero-order valence-corrected chi connectivity index (χ0v) is 8.58. The predicted molar refractivity (Wildman–Crippen MR) is 57.2 cm³/mol. The molecule has 1 amide bonds. The van der Waals surface area contributed by atoms with Gasteiger partial charge < -0.3 is 5.73 Å². The summed E-state index contributed by atoms with van der Waals surface area (Å²) in [6.45, 7) is 5.30. The fraction of sp³-hybridized carbons (Fsp3) is 0.429. The van der Waals surface area contributed by atoms with Crippen molar-refractivity contribution in [1.82, 2.24) is 0 Å². The maximum Gasteiger partial charge on any atom is 0.218 e. The van der Waals surface area contributed by atoms with Crippen LogP contribution in [0.5, 0.6) is 0 Å². The van der Waals surface area contributed by atoms with Crippen LogP contribution in [0.25, 0.3) is 0 Å². The molecule has 0 heterocycles. The molecule has 0 aliphatic carbocycles. The highest BCUT2D eigenvalue weighted by Gasteiger charge is 1.96. The van der Waals surface area contributed by atoms with Crippen LogP contribution >= 0.6 is 21.6 Å². The van der Waals surface area contributed by atoms with Crippen molar-refractivity contribution in [2.24, 2.45) is 10.7 Å². The van der Waals surface area contributed by atoms with Crippen LogP contribution in [0.1, 0.15) is 13.3 Å². The molecule has 68 valence electrons. The van der Waals surface area contributed by atoms with Gasteiger partial charge in [0, 0.05) is 12.2 Å². The number of carbonyl (C=O) groups excluding carboxylic acids is 1. The van der Waals surface area contributed by atoms with E-state index in [9.17, 15) is 4.79 Å². The Morgan fingerprint density at radius 3 is 2.83 bits per heavy atom. The van der Waals surface area contributed by atoms with E-state index in [-0.39, 0.29) is 5.91 Å². The Balaban J connectivity index is 3.42. The molecule has 0 saturated carbocycles. The Morgan fingerprint density at radius 1 is 1.75 bits per heavy atom. The average Bonchev–Trinajstić information content (AvgIpc) is 2.04. The zero-order chi connectivity index (χ0) is 9.40. The second kappa shape index (κ2) is 7.24. The highest BCUT2D eigenvalue weighted by Crippen LogP contribution is 2.30. The minimum atomic E-state index is -0.267. The van der Waals surface area contributed by atoms with E-state index in [0.717, 1.165) is 5.03 Å². The van der Waals surface area contributed by atoms with Gasteiger partial charge >= 0.3 is 0 Å². The molecule has 0 aromatic carbocycles. The first-order valence-corrected chi connectivity index (χ1v) is 5.73. The smallest absolute Gasteiger partial charge is 0.218 e. The van der Waals surface area contributed by atoms with E-state index in [4.69, 9.17) is 5.73 Å². The fourth-order valence-corrected chi connectivity index (χ4v) is 2.36. The van der Waals surface area contributed by atoms with Gasteiger partial charge in [-0.25, -0.2) is 0 Å². The Morgan fingerprint density at radius 2 is 2.42 bits per heavy atom. The average molecular weight is 204 g/mol. The standard InChI is InChI=1S/C7H12N2OS2/c1-3-7(9-2)12-11-5-4-6(8)10/h3H,2,4-5H2,1H3,(H2,8,10)/b7-3+. The van der Waals surface area contributed by atoms with Crippen molar-refractivity contribution in [3.05, 3.63) is 11.1 Å². The van der Waals surface area contributed by atoms with E-state index in [0.29, 0.717) is 12.2 Å². The molecule has 0 radical (unpaired) electrons. The number of nitrogens with zero attached hydrogens (tertiary/aromatic N) is 1. The van der Waals surface area contributed by atoms with Crippen molar-refractivity contribution in [3.8, 4) is 0 Å². The van der Waals surface area contributed by atoms with Crippen molar-refractivity contribution in [2.75, 3.05) is 5.75 Å². The lowest BCUT2D eigenvalue weighted by Crippen LogP contribution is -2.10. The van der Waals surface area contributed by atoms with Gasteiger partial charge in [0.2, 0.25) is 5.91 Å². The Kier molecular flexibility index (Phi) is 6.99. The molecule has 0 bridgehead atoms. The highest BCUT2D eigenvalue weighted by molar-refractivity contribution is 8.78. The van der Waals surface area contributed by atoms with Crippen molar-refractivity contribution in [3.63, 3.8) is 0 Å². The third kappa shape index (κ3) is 6.30. The summed E-state index contributed by atoms with van der Waals surface area (Å²) in [6, 6.07) is 0. The minimum Gasteiger partial charge on any atom is -0.370 e. The summed E-state index contributed by atoms with van der Waals surface area (Å²) in [7, 11) is 3.06. The number of nitrogens with two attached hydrogens (primary N) is 1. The second-order valence-electron chi connectivity index (χ2n) is 1.91. The number of carbonyl (C=O) groups is 1. The molecule has 0 aliphatic rings. The number of aliphatic imine (C=N–C) groups is 1. The van der Waals surface area contributed by atoms with Gasteiger partial charge in [-0.05, 0) is 24.4 Å². The van der Waals surface area contributed by atoms with Gasteiger partial charge in [0.15, 0.2) is 0 Å². The molecule has 3 nitrogen and oxygen atoms in total. The van der Waals surface area contributed by atoms with E-state index in [1.807, 2.05) is 13.0 Å². The van der Waals surface area contributed by atoms with Crippen LogP contribution < -0.4 is 5.73 Å². The summed E-state index contributed by atoms with van der Waals surface area (Å²) in [6.07, 6.45) is 2.28. The molecule has 0 aromatic heterocycles. The molecule has 5 heteroatoms. The van der Waals surface area contributed by atoms with Crippen molar-refractivity contribution in [1.29, 1.82) is 0 Å². The van der Waals surface area contributed by atoms with E-state index < -0.39 is 0 Å². The molecule has 2 N–H and O–H groups in total. The van der Waals surface area contributed by atoms with Crippen LogP contribution in [0.15, 0.2) is 16.1 Å². The molecule has 0 rings (SSSR count). The van der Waals surface area contributed by atoms with Crippen LogP contribution in [-0.4, -0.2) is 18.4 Å². The van der Waals surface area contributed by atoms with Gasteiger partial charge in [-0.15, -0.1) is 0 Å². The highest BCUT2D eigenvalue weighted by atomic mass is 33.1. The first-order chi connectivity index (χ1) is 5.70. The number of hydrogen-bond donors (Lipinski definition) is 1. The minimum absolute atomic E-state index is 0.267. The van der Waals surface area contributed by atoms with Gasteiger partial charge in [-0.2, -0.15) is 0 Å². The van der Waals surface area contributed by atoms with Crippen LogP contribution in [0.3, 0.4) is 0 Å². The van der Waals surface area contributed by atoms with E-state index in [1.54, 1.807) is 10.8 Å². The van der Waals surface area contributed by atoms with E-state index in [1.165, 1.54) is 10.8 Å². The first kappa shape index (κ1) is 11.6. The lowest BCUT2D eigenvalue weighted by molar-refractivity contribution is -0.117. The molecule has 0 atom stereocenters. The molecule has 0 unspecified atom stereocenters. The third-order valence-electron chi connectivity index (χ3n) is 0.979. The zero-order valence-electron chi connectivity index (χ0n) is 6.95. The maximum absolute atomic E-state index is 10.3. The second-order valence-corrected chi connectivity index (χ2v) is 4.34. The summed E-state index contributed by atoms with van der Waals surface area (Å²) in [5.74, 6) is 0.448. The molecular weight excluding hydrogens is 192 g/mol. The Bertz CT molecular complexity index is 192. The Hall–Kier alpha value is -0.420. The molecule has 12 heavy (non-hydrogen) atoms. The van der Waals surface area contributed by atoms with Crippen molar-refractivity contribution >= 4 is 34.2 Å². The Labute approximate surface area is 80.3 Å². The molecule has 0 aromatic rings. The number of allylic oxidation sites excluding steroid dienone is 1. The van der Waals surface area contributed by atoms with E-state index >= 15 is 0 Å². The summed E-state index contributed by atoms with van der Waals surface area (Å²) in [4.78, 5) is 14.1. The number of rotatable bonds is 6. The van der Waals surface area contributed by atoms with Crippen molar-refractivity contribution in [2.45, 2.75) is 13.3 Å². The number of hydrogen-bond acceptors (Lipinski definition) is 4. The maximum atomic E-state index is 10.3. The predicted octanol–water partition coefficient (Wildman–Crippen LogP) is 1.81.